The van der Waals surface area contributed by atoms with E-state index in [1.54, 1.807) is 13.3 Å². The SMILES string of the molecule is COc1ccnc2ccc3ccnc3c2c1. The zero-order valence-electron chi connectivity index (χ0n) is 8.84. The molecule has 0 bridgehead atoms. The van der Waals surface area contributed by atoms with Gasteiger partial charge in [0.15, 0.2) is 0 Å². The minimum Gasteiger partial charge on any atom is -0.497 e. The molecule has 2 aromatic heterocycles. The van der Waals surface area contributed by atoms with Crippen molar-refractivity contribution in [3.63, 3.8) is 0 Å². The van der Waals surface area contributed by atoms with Crippen LogP contribution in [-0.4, -0.2) is 17.1 Å². The van der Waals surface area contributed by atoms with Crippen LogP contribution >= 0.6 is 0 Å². The number of fused-ring (bicyclic) bond motifs is 3. The van der Waals surface area contributed by atoms with Gasteiger partial charge in [-0.3, -0.25) is 9.97 Å². The largest absolute Gasteiger partial charge is 0.497 e. The van der Waals surface area contributed by atoms with Crippen molar-refractivity contribution in [1.29, 1.82) is 0 Å². The van der Waals surface area contributed by atoms with Crippen molar-refractivity contribution < 1.29 is 4.74 Å². The second kappa shape index (κ2) is 3.45. The molecule has 2 heterocycles. The first-order valence-electron chi connectivity index (χ1n) is 5.06. The Kier molecular flexibility index (Phi) is 1.96. The van der Waals surface area contributed by atoms with Gasteiger partial charge in [-0.25, -0.2) is 0 Å². The summed E-state index contributed by atoms with van der Waals surface area (Å²) in [5.74, 6) is 0.790. The highest BCUT2D eigenvalue weighted by Crippen LogP contribution is 2.24. The first-order valence-corrected chi connectivity index (χ1v) is 5.06. The Balaban J connectivity index is 2.52. The molecular weight excluding hydrogens is 200 g/mol. The Hall–Kier alpha value is -2.16. The molecule has 3 aromatic rings. The summed E-state index contributed by atoms with van der Waals surface area (Å²) in [6.07, 6.45) is 3.56. The molecule has 0 radical (unpaired) electrons. The molecule has 0 atom stereocenters. The van der Waals surface area contributed by atoms with Gasteiger partial charge in [-0.2, -0.15) is 0 Å². The van der Waals surface area contributed by atoms with Gasteiger partial charge in [-0.1, -0.05) is 6.07 Å². The van der Waals surface area contributed by atoms with Crippen LogP contribution in [0.25, 0.3) is 21.8 Å². The molecule has 3 heteroatoms. The van der Waals surface area contributed by atoms with E-state index < -0.39 is 0 Å². The lowest BCUT2D eigenvalue weighted by Gasteiger charge is -1.96. The van der Waals surface area contributed by atoms with Crippen LogP contribution in [0.5, 0.6) is 5.75 Å². The van der Waals surface area contributed by atoms with Crippen LogP contribution in [0.15, 0.2) is 42.7 Å². The summed E-state index contributed by atoms with van der Waals surface area (Å²) in [5.41, 5.74) is 1.90. The molecule has 78 valence electrons. The second-order valence-corrected chi connectivity index (χ2v) is 3.58. The fourth-order valence-corrected chi connectivity index (χ4v) is 1.85. The lowest BCUT2D eigenvalue weighted by Crippen LogP contribution is -1.78. The number of hydrogen-bond donors (Lipinski definition) is 0. The Morgan fingerprint density at radius 3 is 2.75 bits per heavy atom. The number of aromatic nitrogens is 2. The van der Waals surface area contributed by atoms with Crippen LogP contribution < -0.4 is 4.74 Å². The summed E-state index contributed by atoms with van der Waals surface area (Å²) in [7, 11) is 1.65. The normalized spacial score (nSPS) is 10.8. The topological polar surface area (TPSA) is 35.0 Å². The zero-order valence-corrected chi connectivity index (χ0v) is 8.84. The Morgan fingerprint density at radius 1 is 1.00 bits per heavy atom. The molecule has 0 aliphatic carbocycles. The highest BCUT2D eigenvalue weighted by atomic mass is 16.5. The number of nitrogens with zero attached hydrogens (tertiary/aromatic N) is 2. The van der Waals surface area contributed by atoms with Crippen LogP contribution in [-0.2, 0) is 0 Å². The Bertz CT molecular complexity index is 664. The van der Waals surface area contributed by atoms with Crippen LogP contribution in [0.3, 0.4) is 0 Å². The first-order chi connectivity index (χ1) is 7.88. The van der Waals surface area contributed by atoms with Crippen molar-refractivity contribution >= 4 is 21.8 Å². The van der Waals surface area contributed by atoms with E-state index in [2.05, 4.69) is 9.97 Å². The van der Waals surface area contributed by atoms with Crippen molar-refractivity contribution in [3.05, 3.63) is 42.7 Å². The van der Waals surface area contributed by atoms with Gasteiger partial charge in [0.05, 0.1) is 18.1 Å². The van der Waals surface area contributed by atoms with E-state index in [9.17, 15) is 0 Å². The maximum atomic E-state index is 5.24. The van der Waals surface area contributed by atoms with Gasteiger partial charge >= 0.3 is 0 Å². The standard InChI is InChI=1S/C13H10N2O/c1-16-10-5-7-14-12-3-2-9-4-6-15-13(9)11(12)8-10/h2-8H,1H3. The third-order valence-corrected chi connectivity index (χ3v) is 2.66. The number of ether oxygens (including phenoxy) is 1. The second-order valence-electron chi connectivity index (χ2n) is 3.58. The van der Waals surface area contributed by atoms with Crippen LogP contribution in [0.1, 0.15) is 0 Å². The highest BCUT2D eigenvalue weighted by Gasteiger charge is 2.02. The highest BCUT2D eigenvalue weighted by molar-refractivity contribution is 6.04. The predicted octanol–water partition coefficient (Wildman–Crippen LogP) is 2.79. The van der Waals surface area contributed by atoms with Gasteiger partial charge in [-0.15, -0.1) is 0 Å². The van der Waals surface area contributed by atoms with E-state index in [-0.39, 0.29) is 0 Å². The van der Waals surface area contributed by atoms with Crippen molar-refractivity contribution in [1.82, 2.24) is 9.97 Å². The molecule has 1 aromatic carbocycles. The number of hydrogen-bond acceptors (Lipinski definition) is 3. The van der Waals surface area contributed by atoms with Gasteiger partial charge in [0.2, 0.25) is 0 Å². The summed E-state index contributed by atoms with van der Waals surface area (Å²) in [6.45, 7) is 0. The van der Waals surface area contributed by atoms with E-state index in [1.807, 2.05) is 36.5 Å². The number of methoxy groups -OCH3 is 1. The predicted molar refractivity (Wildman–Crippen MR) is 63.6 cm³/mol. The fourth-order valence-electron chi connectivity index (χ4n) is 1.85. The summed E-state index contributed by atoms with van der Waals surface area (Å²) in [6, 6.07) is 9.84. The third-order valence-electron chi connectivity index (χ3n) is 2.66. The molecule has 16 heavy (non-hydrogen) atoms. The monoisotopic (exact) mass is 210 g/mol. The van der Waals surface area contributed by atoms with Crippen molar-refractivity contribution in [2.75, 3.05) is 7.11 Å². The summed E-state index contributed by atoms with van der Waals surface area (Å²) in [5, 5.41) is 2.15. The maximum Gasteiger partial charge on any atom is 0.121 e. The summed E-state index contributed by atoms with van der Waals surface area (Å²) < 4.78 is 5.24. The molecule has 0 aliphatic heterocycles. The lowest BCUT2D eigenvalue weighted by molar-refractivity contribution is 0.415. The summed E-state index contributed by atoms with van der Waals surface area (Å²) >= 11 is 0. The molecular formula is C13H10N2O. The Morgan fingerprint density at radius 2 is 1.88 bits per heavy atom. The zero-order chi connectivity index (χ0) is 11.0. The average molecular weight is 210 g/mol. The molecule has 0 amide bonds. The third kappa shape index (κ3) is 1.29. The van der Waals surface area contributed by atoms with Crippen LogP contribution in [0.4, 0.5) is 0 Å². The average Bonchev–Trinajstić information content (AvgIpc) is 2.68. The number of benzene rings is 1. The van der Waals surface area contributed by atoms with Crippen molar-refractivity contribution in [2.24, 2.45) is 0 Å². The molecule has 0 N–H and O–H groups in total. The smallest absolute Gasteiger partial charge is 0.121 e. The first kappa shape index (κ1) is 9.09. The maximum absolute atomic E-state index is 5.24. The molecule has 0 spiro atoms. The van der Waals surface area contributed by atoms with Gasteiger partial charge in [0.1, 0.15) is 5.75 Å². The lowest BCUT2D eigenvalue weighted by atomic mass is 10.1. The van der Waals surface area contributed by atoms with Gasteiger partial charge in [-0.05, 0) is 24.3 Å². The Labute approximate surface area is 92.7 Å². The van der Waals surface area contributed by atoms with Crippen molar-refractivity contribution in [2.45, 2.75) is 0 Å². The minimum absolute atomic E-state index is 0.790. The van der Waals surface area contributed by atoms with E-state index in [4.69, 9.17) is 4.74 Å². The minimum atomic E-state index is 0.790. The molecule has 0 saturated carbocycles. The van der Waals surface area contributed by atoms with Crippen molar-refractivity contribution in [3.8, 4) is 5.75 Å². The van der Waals surface area contributed by atoms with Gasteiger partial charge in [0.25, 0.3) is 0 Å². The van der Waals surface area contributed by atoms with Gasteiger partial charge < -0.3 is 4.74 Å². The fraction of sp³-hybridized carbons (Fsp3) is 0.0769. The van der Waals surface area contributed by atoms with Gasteiger partial charge in [0, 0.05) is 23.2 Å². The number of rotatable bonds is 1. The van der Waals surface area contributed by atoms with Crippen LogP contribution in [0, 0.1) is 0 Å². The van der Waals surface area contributed by atoms with E-state index >= 15 is 0 Å². The van der Waals surface area contributed by atoms with Crippen LogP contribution in [0.2, 0.25) is 0 Å². The molecule has 0 unspecified atom stereocenters. The molecule has 3 rings (SSSR count). The molecule has 0 aliphatic rings. The quantitative estimate of drug-likeness (QED) is 0.619. The molecule has 0 saturated heterocycles. The van der Waals surface area contributed by atoms with E-state index in [0.717, 1.165) is 27.6 Å². The molecule has 3 nitrogen and oxygen atoms in total. The molecule has 0 fully saturated rings. The van der Waals surface area contributed by atoms with E-state index in [1.165, 1.54) is 0 Å². The summed E-state index contributed by atoms with van der Waals surface area (Å²) in [4.78, 5) is 8.72. The van der Waals surface area contributed by atoms with E-state index in [0.29, 0.717) is 0 Å².